The number of carbonyl (C=O) groups is 1. The van der Waals surface area contributed by atoms with E-state index in [1.165, 1.54) is 10.6 Å². The summed E-state index contributed by atoms with van der Waals surface area (Å²) in [6.07, 6.45) is 0.969. The predicted molar refractivity (Wildman–Crippen MR) is 78.0 cm³/mol. The highest BCUT2D eigenvalue weighted by Gasteiger charge is 2.13. The molecule has 0 saturated carbocycles. The summed E-state index contributed by atoms with van der Waals surface area (Å²) in [5.74, 6) is 5.68. The molecule has 98 valence electrons. The van der Waals surface area contributed by atoms with E-state index in [4.69, 9.17) is 5.84 Å². The van der Waals surface area contributed by atoms with E-state index < -0.39 is 0 Å². The first-order valence-electron chi connectivity index (χ1n) is 6.36. The number of benzene rings is 2. The Labute approximate surface area is 113 Å². The van der Waals surface area contributed by atoms with Crippen LogP contribution in [0, 0.1) is 6.92 Å². The Morgan fingerprint density at radius 1 is 1.05 bits per heavy atom. The highest BCUT2D eigenvalue weighted by atomic mass is 16.2. The van der Waals surface area contributed by atoms with Gasteiger partial charge in [-0.1, -0.05) is 36.8 Å². The standard InChI is InChI=1S/C16H18N2O/c1-3-13-6-10-15(11-7-13)18(17)16(19)14-8-4-12(2)5-9-14/h4-11H,3,17H2,1-2H3. The molecule has 0 radical (unpaired) electrons. The smallest absolute Gasteiger partial charge is 0.267 e. The number of nitrogens with zero attached hydrogens (tertiary/aromatic N) is 1. The van der Waals surface area contributed by atoms with E-state index in [1.54, 1.807) is 12.1 Å². The molecule has 2 aromatic rings. The molecule has 0 aromatic heterocycles. The summed E-state index contributed by atoms with van der Waals surface area (Å²) in [5.41, 5.74) is 3.63. The molecule has 3 nitrogen and oxygen atoms in total. The second-order valence-electron chi connectivity index (χ2n) is 4.56. The topological polar surface area (TPSA) is 46.3 Å². The molecule has 1 amide bonds. The summed E-state index contributed by atoms with van der Waals surface area (Å²) in [6, 6.07) is 15.1. The lowest BCUT2D eigenvalue weighted by atomic mass is 10.1. The molecule has 2 aromatic carbocycles. The lowest BCUT2D eigenvalue weighted by molar-refractivity contribution is 0.0987. The molecule has 2 rings (SSSR count). The van der Waals surface area contributed by atoms with E-state index in [0.29, 0.717) is 11.3 Å². The van der Waals surface area contributed by atoms with Crippen LogP contribution in [0.3, 0.4) is 0 Å². The number of anilines is 1. The molecule has 0 aliphatic carbocycles. The van der Waals surface area contributed by atoms with Crippen LogP contribution in [0.5, 0.6) is 0 Å². The monoisotopic (exact) mass is 254 g/mol. The van der Waals surface area contributed by atoms with Gasteiger partial charge in [0.1, 0.15) is 0 Å². The first-order valence-corrected chi connectivity index (χ1v) is 6.36. The normalized spacial score (nSPS) is 10.3. The molecule has 0 spiro atoms. The van der Waals surface area contributed by atoms with Gasteiger partial charge < -0.3 is 0 Å². The van der Waals surface area contributed by atoms with Crippen LogP contribution < -0.4 is 10.9 Å². The van der Waals surface area contributed by atoms with Crippen LogP contribution in [-0.4, -0.2) is 5.91 Å². The Hall–Kier alpha value is -2.13. The van der Waals surface area contributed by atoms with Crippen molar-refractivity contribution < 1.29 is 4.79 Å². The van der Waals surface area contributed by atoms with Gasteiger partial charge in [-0.3, -0.25) is 4.79 Å². The maximum absolute atomic E-state index is 12.2. The third kappa shape index (κ3) is 3.01. The van der Waals surface area contributed by atoms with Crippen LogP contribution in [0.4, 0.5) is 5.69 Å². The van der Waals surface area contributed by atoms with Gasteiger partial charge in [-0.25, -0.2) is 10.9 Å². The van der Waals surface area contributed by atoms with E-state index in [0.717, 1.165) is 12.0 Å². The summed E-state index contributed by atoms with van der Waals surface area (Å²) in [7, 11) is 0. The number of hydrogen-bond acceptors (Lipinski definition) is 2. The molecule has 2 N–H and O–H groups in total. The van der Waals surface area contributed by atoms with E-state index in [-0.39, 0.29) is 5.91 Å². The number of carbonyl (C=O) groups excluding carboxylic acids is 1. The Morgan fingerprint density at radius 2 is 1.63 bits per heavy atom. The zero-order valence-corrected chi connectivity index (χ0v) is 11.3. The lowest BCUT2D eigenvalue weighted by Gasteiger charge is -2.17. The molecule has 0 heterocycles. The second kappa shape index (κ2) is 5.67. The summed E-state index contributed by atoms with van der Waals surface area (Å²) < 4.78 is 0. The van der Waals surface area contributed by atoms with E-state index in [2.05, 4.69) is 6.92 Å². The summed E-state index contributed by atoms with van der Waals surface area (Å²) in [4.78, 5) is 12.2. The third-order valence-electron chi connectivity index (χ3n) is 3.14. The zero-order valence-electron chi connectivity index (χ0n) is 11.3. The largest absolute Gasteiger partial charge is 0.272 e. The van der Waals surface area contributed by atoms with Crippen LogP contribution in [0.15, 0.2) is 48.5 Å². The SMILES string of the molecule is CCc1ccc(N(N)C(=O)c2ccc(C)cc2)cc1. The van der Waals surface area contributed by atoms with Gasteiger partial charge in [-0.05, 0) is 43.2 Å². The Morgan fingerprint density at radius 3 is 2.16 bits per heavy atom. The van der Waals surface area contributed by atoms with Gasteiger partial charge in [-0.15, -0.1) is 0 Å². The zero-order chi connectivity index (χ0) is 13.8. The fourth-order valence-corrected chi connectivity index (χ4v) is 1.84. The summed E-state index contributed by atoms with van der Waals surface area (Å²) >= 11 is 0. The van der Waals surface area contributed by atoms with Gasteiger partial charge in [0.2, 0.25) is 0 Å². The summed E-state index contributed by atoms with van der Waals surface area (Å²) in [5, 5.41) is 1.18. The van der Waals surface area contributed by atoms with Gasteiger partial charge in [0.15, 0.2) is 0 Å². The van der Waals surface area contributed by atoms with Gasteiger partial charge in [-0.2, -0.15) is 0 Å². The molecule has 0 atom stereocenters. The number of hydrogen-bond donors (Lipinski definition) is 1. The number of hydrazine groups is 1. The Balaban J connectivity index is 2.20. The highest BCUT2D eigenvalue weighted by Crippen LogP contribution is 2.15. The van der Waals surface area contributed by atoms with Crippen molar-refractivity contribution >= 4 is 11.6 Å². The number of aryl methyl sites for hydroxylation is 2. The average Bonchev–Trinajstić information content (AvgIpc) is 2.46. The van der Waals surface area contributed by atoms with Crippen molar-refractivity contribution in [1.82, 2.24) is 0 Å². The quantitative estimate of drug-likeness (QED) is 0.520. The van der Waals surface area contributed by atoms with Crippen LogP contribution in [0.2, 0.25) is 0 Å². The predicted octanol–water partition coefficient (Wildman–Crippen LogP) is 3.08. The molecule has 0 bridgehead atoms. The first-order chi connectivity index (χ1) is 9.11. The van der Waals surface area contributed by atoms with Gasteiger partial charge in [0.05, 0.1) is 5.69 Å². The van der Waals surface area contributed by atoms with Crippen molar-refractivity contribution in [3.63, 3.8) is 0 Å². The van der Waals surface area contributed by atoms with Crippen molar-refractivity contribution in [3.05, 3.63) is 65.2 Å². The van der Waals surface area contributed by atoms with Crippen molar-refractivity contribution in [1.29, 1.82) is 0 Å². The van der Waals surface area contributed by atoms with Crippen molar-refractivity contribution in [3.8, 4) is 0 Å². The minimum atomic E-state index is -0.204. The maximum Gasteiger partial charge on any atom is 0.272 e. The van der Waals surface area contributed by atoms with Gasteiger partial charge in [0, 0.05) is 5.56 Å². The van der Waals surface area contributed by atoms with Crippen molar-refractivity contribution in [2.75, 3.05) is 5.01 Å². The van der Waals surface area contributed by atoms with E-state index in [1.807, 2.05) is 43.3 Å². The van der Waals surface area contributed by atoms with E-state index >= 15 is 0 Å². The fraction of sp³-hybridized carbons (Fsp3) is 0.188. The molecule has 0 aliphatic heterocycles. The van der Waals surface area contributed by atoms with Gasteiger partial charge in [0.25, 0.3) is 5.91 Å². The third-order valence-corrected chi connectivity index (χ3v) is 3.14. The summed E-state index contributed by atoms with van der Waals surface area (Å²) in [6.45, 7) is 4.07. The molecule has 19 heavy (non-hydrogen) atoms. The van der Waals surface area contributed by atoms with Crippen LogP contribution in [-0.2, 0) is 6.42 Å². The molecular formula is C16H18N2O. The molecule has 3 heteroatoms. The number of rotatable bonds is 3. The Bertz CT molecular complexity index is 558. The van der Waals surface area contributed by atoms with Crippen LogP contribution in [0.1, 0.15) is 28.4 Å². The minimum Gasteiger partial charge on any atom is -0.267 e. The van der Waals surface area contributed by atoms with Crippen LogP contribution >= 0.6 is 0 Å². The molecule has 0 fully saturated rings. The average molecular weight is 254 g/mol. The molecular weight excluding hydrogens is 236 g/mol. The lowest BCUT2D eigenvalue weighted by Crippen LogP contribution is -2.37. The molecule has 0 unspecified atom stereocenters. The molecule has 0 saturated heterocycles. The minimum absolute atomic E-state index is 0.204. The van der Waals surface area contributed by atoms with Gasteiger partial charge >= 0.3 is 0 Å². The first kappa shape index (κ1) is 13.3. The van der Waals surface area contributed by atoms with Crippen molar-refractivity contribution in [2.45, 2.75) is 20.3 Å². The Kier molecular flexibility index (Phi) is 3.97. The van der Waals surface area contributed by atoms with Crippen molar-refractivity contribution in [2.24, 2.45) is 5.84 Å². The van der Waals surface area contributed by atoms with E-state index in [9.17, 15) is 4.79 Å². The van der Waals surface area contributed by atoms with Crippen LogP contribution in [0.25, 0.3) is 0 Å². The maximum atomic E-state index is 12.2. The fourth-order valence-electron chi connectivity index (χ4n) is 1.84. The number of nitrogens with two attached hydrogens (primary N) is 1. The molecule has 0 aliphatic rings. The highest BCUT2D eigenvalue weighted by molar-refractivity contribution is 6.05. The number of amides is 1. The second-order valence-corrected chi connectivity index (χ2v) is 4.56.